The molecule has 0 saturated heterocycles. The fourth-order valence-corrected chi connectivity index (χ4v) is 0.303. The standard InChI is InChI=1S/C4H2O3.H5NSi/c5-3-1-2-4(6)7-3;1-2/h1-2H;1H2,2H3. The van der Waals surface area contributed by atoms with Crippen molar-refractivity contribution >= 4 is 22.3 Å². The first kappa shape index (κ1) is 8.06. The zero-order valence-corrected chi connectivity index (χ0v) is 6.96. The second kappa shape index (κ2) is 3.99. The van der Waals surface area contributed by atoms with Crippen molar-refractivity contribution in [1.82, 2.24) is 0 Å². The lowest BCUT2D eigenvalue weighted by Gasteiger charge is -1.80. The predicted octanol–water partition coefficient (Wildman–Crippen LogP) is -2.15. The van der Waals surface area contributed by atoms with Crippen LogP contribution >= 0.6 is 0 Å². The van der Waals surface area contributed by atoms with Gasteiger partial charge < -0.3 is 10.1 Å². The molecule has 4 nitrogen and oxygen atoms in total. The van der Waals surface area contributed by atoms with E-state index in [1.54, 1.807) is 0 Å². The molecule has 2 N–H and O–H groups in total. The highest BCUT2D eigenvalue weighted by Gasteiger charge is 2.10. The molecular formula is C4H7NO3Si. The first-order valence-corrected chi connectivity index (χ1v) is 3.46. The molecule has 5 heteroatoms. The maximum absolute atomic E-state index is 9.92. The van der Waals surface area contributed by atoms with Crippen LogP contribution in [0.3, 0.4) is 0 Å². The molecule has 0 aliphatic carbocycles. The van der Waals surface area contributed by atoms with Crippen LogP contribution in [0.1, 0.15) is 0 Å². The van der Waals surface area contributed by atoms with Gasteiger partial charge in [0.2, 0.25) is 0 Å². The zero-order chi connectivity index (χ0) is 7.28. The Labute approximate surface area is 55.2 Å². The Balaban J connectivity index is 0.000000291. The molecule has 0 bridgehead atoms. The zero-order valence-electron chi connectivity index (χ0n) is 4.96. The number of hydrogen-bond donors (Lipinski definition) is 1. The third-order valence-electron chi connectivity index (χ3n) is 0.557. The average Bonchev–Trinajstić information content (AvgIpc) is 2.20. The van der Waals surface area contributed by atoms with Crippen LogP contribution in [-0.4, -0.2) is 22.3 Å². The van der Waals surface area contributed by atoms with E-state index in [2.05, 4.69) is 10.1 Å². The molecule has 0 aromatic rings. The van der Waals surface area contributed by atoms with Crippen molar-refractivity contribution in [1.29, 1.82) is 0 Å². The van der Waals surface area contributed by atoms with Gasteiger partial charge in [0, 0.05) is 12.2 Å². The van der Waals surface area contributed by atoms with Gasteiger partial charge in [0.1, 0.15) is 0 Å². The number of carbonyl (C=O) groups excluding carboxylic acids is 2. The van der Waals surface area contributed by atoms with Crippen LogP contribution in [0.2, 0.25) is 0 Å². The minimum Gasteiger partial charge on any atom is -0.387 e. The summed E-state index contributed by atoms with van der Waals surface area (Å²) in [5.74, 6) is -1.16. The largest absolute Gasteiger partial charge is 0.387 e. The molecule has 0 amide bonds. The molecule has 1 aliphatic heterocycles. The Morgan fingerprint density at radius 3 is 1.67 bits per heavy atom. The van der Waals surface area contributed by atoms with Gasteiger partial charge in [-0.15, -0.1) is 0 Å². The van der Waals surface area contributed by atoms with Gasteiger partial charge in [0.25, 0.3) is 0 Å². The van der Waals surface area contributed by atoms with Crippen LogP contribution in [-0.2, 0) is 14.3 Å². The molecule has 0 saturated carbocycles. The van der Waals surface area contributed by atoms with Crippen LogP contribution < -0.4 is 5.40 Å². The van der Waals surface area contributed by atoms with Crippen LogP contribution in [0.25, 0.3) is 0 Å². The SMILES string of the molecule is N[SiH3].O=C1C=CC(=O)O1. The number of ether oxygens (including phenoxy) is 1. The number of hydrogen-bond acceptors (Lipinski definition) is 4. The summed E-state index contributed by atoms with van der Waals surface area (Å²) in [6.07, 6.45) is 2.17. The lowest BCUT2D eigenvalue weighted by atomic mass is 10.6. The molecule has 0 unspecified atom stereocenters. The Morgan fingerprint density at radius 1 is 1.22 bits per heavy atom. The van der Waals surface area contributed by atoms with Gasteiger partial charge in [0.15, 0.2) is 0 Å². The summed E-state index contributed by atoms with van der Waals surface area (Å²) in [5.41, 5.74) is 0. The Morgan fingerprint density at radius 2 is 1.56 bits per heavy atom. The molecule has 0 aromatic heterocycles. The summed E-state index contributed by atoms with van der Waals surface area (Å²) in [4.78, 5) is 19.8. The highest BCUT2D eigenvalue weighted by Crippen LogP contribution is 1.92. The van der Waals surface area contributed by atoms with Gasteiger partial charge >= 0.3 is 11.9 Å². The van der Waals surface area contributed by atoms with Gasteiger partial charge in [-0.2, -0.15) is 0 Å². The molecule has 0 atom stereocenters. The molecule has 0 radical (unpaired) electrons. The number of cyclic esters (lactones) is 2. The van der Waals surface area contributed by atoms with E-state index in [9.17, 15) is 9.59 Å². The van der Waals surface area contributed by atoms with Crippen LogP contribution in [0.4, 0.5) is 0 Å². The summed E-state index contributed by atoms with van der Waals surface area (Å²) in [7, 11) is 0.806. The minimum atomic E-state index is -0.579. The highest BCUT2D eigenvalue weighted by molar-refractivity contribution is 6.04. The van der Waals surface area contributed by atoms with Crippen LogP contribution in [0.5, 0.6) is 0 Å². The maximum atomic E-state index is 9.92. The quantitative estimate of drug-likeness (QED) is 0.240. The number of nitrogens with two attached hydrogens (primary N) is 1. The van der Waals surface area contributed by atoms with Crippen molar-refractivity contribution in [3.63, 3.8) is 0 Å². The Kier molecular flexibility index (Phi) is 3.57. The van der Waals surface area contributed by atoms with Gasteiger partial charge in [-0.25, -0.2) is 9.59 Å². The second-order valence-electron chi connectivity index (χ2n) is 1.07. The normalized spacial score (nSPS) is 14.8. The van der Waals surface area contributed by atoms with Gasteiger partial charge in [-0.05, 0) is 0 Å². The van der Waals surface area contributed by atoms with Crippen molar-refractivity contribution in [3.8, 4) is 0 Å². The van der Waals surface area contributed by atoms with E-state index >= 15 is 0 Å². The third kappa shape index (κ3) is 2.78. The molecule has 0 fully saturated rings. The number of rotatable bonds is 0. The minimum absolute atomic E-state index is 0.579. The van der Waals surface area contributed by atoms with Crippen molar-refractivity contribution in [2.45, 2.75) is 0 Å². The second-order valence-corrected chi connectivity index (χ2v) is 1.07. The van der Waals surface area contributed by atoms with Gasteiger partial charge in [-0.3, -0.25) is 0 Å². The molecule has 1 heterocycles. The maximum Gasteiger partial charge on any atom is 0.338 e. The average molecular weight is 145 g/mol. The van der Waals surface area contributed by atoms with E-state index < -0.39 is 11.9 Å². The lowest BCUT2D eigenvalue weighted by Crippen LogP contribution is -1.96. The number of esters is 2. The van der Waals surface area contributed by atoms with Crippen molar-refractivity contribution in [2.24, 2.45) is 5.40 Å². The molecule has 0 spiro atoms. The lowest BCUT2D eigenvalue weighted by molar-refractivity contribution is -0.150. The van der Waals surface area contributed by atoms with E-state index in [0.717, 1.165) is 22.6 Å². The molecule has 50 valence electrons. The summed E-state index contributed by atoms with van der Waals surface area (Å²) >= 11 is 0. The molecular weight excluding hydrogens is 138 g/mol. The molecule has 9 heavy (non-hydrogen) atoms. The molecule has 1 aliphatic rings. The topological polar surface area (TPSA) is 69.4 Å². The molecule has 0 aromatic carbocycles. The van der Waals surface area contributed by atoms with E-state index in [1.807, 2.05) is 0 Å². The predicted molar refractivity (Wildman–Crippen MR) is 34.4 cm³/mol. The summed E-state index contributed by atoms with van der Waals surface area (Å²) in [5, 5.41) is 4.64. The Hall–Kier alpha value is -0.943. The summed E-state index contributed by atoms with van der Waals surface area (Å²) < 4.78 is 3.97. The first-order valence-electron chi connectivity index (χ1n) is 2.30. The highest BCUT2D eigenvalue weighted by atomic mass is 28.2. The van der Waals surface area contributed by atoms with E-state index in [1.165, 1.54) is 0 Å². The van der Waals surface area contributed by atoms with Gasteiger partial charge in [-0.1, -0.05) is 0 Å². The van der Waals surface area contributed by atoms with E-state index in [-0.39, 0.29) is 0 Å². The smallest absolute Gasteiger partial charge is 0.338 e. The van der Waals surface area contributed by atoms with E-state index in [0.29, 0.717) is 0 Å². The Bertz CT molecular complexity index is 138. The summed E-state index contributed by atoms with van der Waals surface area (Å²) in [6, 6.07) is 0. The van der Waals surface area contributed by atoms with Crippen LogP contribution in [0.15, 0.2) is 12.2 Å². The van der Waals surface area contributed by atoms with Gasteiger partial charge in [0.05, 0.1) is 10.4 Å². The monoisotopic (exact) mass is 145 g/mol. The number of carbonyl (C=O) groups is 2. The van der Waals surface area contributed by atoms with Crippen LogP contribution in [0, 0.1) is 0 Å². The summed E-state index contributed by atoms with van der Waals surface area (Å²) in [6.45, 7) is 0. The van der Waals surface area contributed by atoms with E-state index in [4.69, 9.17) is 0 Å². The van der Waals surface area contributed by atoms with Crippen molar-refractivity contribution in [2.75, 3.05) is 0 Å². The third-order valence-corrected chi connectivity index (χ3v) is 0.557. The first-order chi connectivity index (χ1) is 4.29. The van der Waals surface area contributed by atoms with Crippen molar-refractivity contribution in [3.05, 3.63) is 12.2 Å². The fraction of sp³-hybridized carbons (Fsp3) is 0. The molecule has 1 rings (SSSR count). The van der Waals surface area contributed by atoms with Crippen molar-refractivity contribution < 1.29 is 14.3 Å². The fourth-order valence-electron chi connectivity index (χ4n) is 0.303.